The monoisotopic (exact) mass is 265 g/mol. The van der Waals surface area contributed by atoms with Gasteiger partial charge < -0.3 is 0 Å². The maximum atomic E-state index is 12.6. The Morgan fingerprint density at radius 3 is 2.42 bits per heavy atom. The van der Waals surface area contributed by atoms with Crippen molar-refractivity contribution in [1.29, 1.82) is 0 Å². The van der Waals surface area contributed by atoms with Crippen LogP contribution in [0.1, 0.15) is 59.3 Å². The summed E-state index contributed by atoms with van der Waals surface area (Å²) < 4.78 is 0. The Morgan fingerprint density at radius 2 is 1.89 bits per heavy atom. The molecule has 2 unspecified atom stereocenters. The Kier molecular flexibility index (Phi) is 3.16. The van der Waals surface area contributed by atoms with Crippen molar-refractivity contribution in [3.05, 3.63) is 0 Å². The van der Waals surface area contributed by atoms with Gasteiger partial charge >= 0.3 is 0 Å². The molecule has 1 N–H and O–H groups in total. The number of carbonyl (C=O) groups is 1. The molecular formula is C16H27NO2. The molecule has 108 valence electrons. The molecule has 4 aliphatic rings. The molecule has 4 rings (SSSR count). The fraction of sp³-hybridized carbons (Fsp3) is 0.938. The number of amides is 1. The van der Waals surface area contributed by atoms with Gasteiger partial charge in [-0.25, -0.2) is 5.48 Å². The zero-order valence-electron chi connectivity index (χ0n) is 12.5. The van der Waals surface area contributed by atoms with Gasteiger partial charge in [-0.1, -0.05) is 20.8 Å². The first kappa shape index (κ1) is 13.4. The van der Waals surface area contributed by atoms with E-state index < -0.39 is 0 Å². The van der Waals surface area contributed by atoms with Crippen LogP contribution in [0.4, 0.5) is 0 Å². The zero-order valence-corrected chi connectivity index (χ0v) is 12.5. The van der Waals surface area contributed by atoms with Crippen LogP contribution in [0.15, 0.2) is 0 Å². The van der Waals surface area contributed by atoms with Gasteiger partial charge in [0.1, 0.15) is 0 Å². The summed E-state index contributed by atoms with van der Waals surface area (Å²) in [6.07, 6.45) is 7.30. The van der Waals surface area contributed by atoms with Crippen molar-refractivity contribution in [2.75, 3.05) is 6.61 Å². The smallest absolute Gasteiger partial charge is 0.249 e. The lowest BCUT2D eigenvalue weighted by Crippen LogP contribution is -2.56. The predicted octanol–water partition coefficient (Wildman–Crippen LogP) is 3.30. The third kappa shape index (κ3) is 2.42. The summed E-state index contributed by atoms with van der Waals surface area (Å²) >= 11 is 0. The molecule has 0 saturated heterocycles. The predicted molar refractivity (Wildman–Crippen MR) is 74.2 cm³/mol. The maximum absolute atomic E-state index is 12.6. The lowest BCUT2D eigenvalue weighted by atomic mass is 9.44. The van der Waals surface area contributed by atoms with Crippen molar-refractivity contribution in [2.45, 2.75) is 59.3 Å². The number of nitrogens with one attached hydrogen (secondary N) is 1. The number of hydroxylamine groups is 1. The number of rotatable bonds is 4. The van der Waals surface area contributed by atoms with E-state index in [9.17, 15) is 4.79 Å². The van der Waals surface area contributed by atoms with Crippen LogP contribution in [0.5, 0.6) is 0 Å². The molecule has 4 bridgehead atoms. The van der Waals surface area contributed by atoms with Crippen molar-refractivity contribution in [3.63, 3.8) is 0 Å². The van der Waals surface area contributed by atoms with Crippen LogP contribution >= 0.6 is 0 Å². The molecule has 4 aliphatic carbocycles. The van der Waals surface area contributed by atoms with E-state index in [1.807, 2.05) is 0 Å². The fourth-order valence-corrected chi connectivity index (χ4v) is 5.37. The minimum Gasteiger partial charge on any atom is -0.273 e. The van der Waals surface area contributed by atoms with Gasteiger partial charge in [0.25, 0.3) is 0 Å². The molecule has 0 aromatic heterocycles. The number of hydrogen-bond acceptors (Lipinski definition) is 2. The first-order chi connectivity index (χ1) is 8.91. The van der Waals surface area contributed by atoms with Gasteiger partial charge in [-0.2, -0.15) is 0 Å². The minimum atomic E-state index is -0.115. The zero-order chi connectivity index (χ0) is 13.7. The molecule has 19 heavy (non-hydrogen) atoms. The van der Waals surface area contributed by atoms with E-state index in [2.05, 4.69) is 26.3 Å². The van der Waals surface area contributed by atoms with Crippen molar-refractivity contribution in [1.82, 2.24) is 5.48 Å². The molecule has 4 fully saturated rings. The van der Waals surface area contributed by atoms with Crippen LogP contribution < -0.4 is 5.48 Å². The molecule has 0 aliphatic heterocycles. The second kappa shape index (κ2) is 4.47. The molecule has 1 amide bonds. The van der Waals surface area contributed by atoms with Gasteiger partial charge in [0.15, 0.2) is 0 Å². The highest BCUT2D eigenvalue weighted by Crippen LogP contribution is 2.65. The average molecular weight is 265 g/mol. The van der Waals surface area contributed by atoms with Crippen LogP contribution in [0, 0.1) is 28.6 Å². The summed E-state index contributed by atoms with van der Waals surface area (Å²) in [5, 5.41) is 0. The SMILES string of the molecule is CC(C)CONC(=O)C12CC3CC(CC(C)(C3)C1)C2. The second-order valence-corrected chi connectivity index (χ2v) is 8.19. The summed E-state index contributed by atoms with van der Waals surface area (Å²) in [6, 6.07) is 0. The molecule has 4 saturated carbocycles. The Bertz CT molecular complexity index is 363. The van der Waals surface area contributed by atoms with Gasteiger partial charge in [-0.15, -0.1) is 0 Å². The minimum absolute atomic E-state index is 0.115. The van der Waals surface area contributed by atoms with E-state index in [1.54, 1.807) is 0 Å². The standard InChI is InChI=1S/C16H27NO2/c1-11(2)9-19-17-14(18)16-7-12-4-13(8-16)6-15(3,5-12)10-16/h11-13H,4-10H2,1-3H3,(H,17,18). The fourth-order valence-electron chi connectivity index (χ4n) is 5.37. The van der Waals surface area contributed by atoms with E-state index in [-0.39, 0.29) is 11.3 Å². The Hall–Kier alpha value is -0.570. The van der Waals surface area contributed by atoms with E-state index in [0.29, 0.717) is 17.9 Å². The Labute approximate surface area is 116 Å². The normalized spacial score (nSPS) is 43.8. The van der Waals surface area contributed by atoms with Gasteiger partial charge in [-0.05, 0) is 61.7 Å². The summed E-state index contributed by atoms with van der Waals surface area (Å²) in [7, 11) is 0. The number of hydrogen-bond donors (Lipinski definition) is 1. The Balaban J connectivity index is 1.68. The number of carbonyl (C=O) groups excluding carboxylic acids is 1. The molecule has 0 spiro atoms. The highest BCUT2D eigenvalue weighted by Gasteiger charge is 2.58. The highest BCUT2D eigenvalue weighted by atomic mass is 16.7. The largest absolute Gasteiger partial charge is 0.273 e. The van der Waals surface area contributed by atoms with Gasteiger partial charge in [0, 0.05) is 0 Å². The quantitative estimate of drug-likeness (QED) is 0.792. The third-order valence-corrected chi connectivity index (χ3v) is 5.42. The van der Waals surface area contributed by atoms with Crippen LogP contribution in [0.2, 0.25) is 0 Å². The lowest BCUT2D eigenvalue weighted by molar-refractivity contribution is -0.167. The van der Waals surface area contributed by atoms with Crippen molar-refractivity contribution < 1.29 is 9.63 Å². The van der Waals surface area contributed by atoms with Crippen LogP contribution in [0.3, 0.4) is 0 Å². The van der Waals surface area contributed by atoms with Gasteiger partial charge in [-0.3, -0.25) is 9.63 Å². The van der Waals surface area contributed by atoms with Crippen molar-refractivity contribution in [3.8, 4) is 0 Å². The first-order valence-corrected chi connectivity index (χ1v) is 7.83. The molecular weight excluding hydrogens is 238 g/mol. The van der Waals surface area contributed by atoms with Gasteiger partial charge in [0.05, 0.1) is 12.0 Å². The van der Waals surface area contributed by atoms with Crippen LogP contribution in [0.25, 0.3) is 0 Å². The third-order valence-electron chi connectivity index (χ3n) is 5.42. The lowest BCUT2D eigenvalue weighted by Gasteiger charge is -2.60. The van der Waals surface area contributed by atoms with Crippen LogP contribution in [-0.2, 0) is 9.63 Å². The van der Waals surface area contributed by atoms with Crippen molar-refractivity contribution >= 4 is 5.91 Å². The molecule has 3 nitrogen and oxygen atoms in total. The van der Waals surface area contributed by atoms with E-state index in [1.165, 1.54) is 19.3 Å². The molecule has 3 heteroatoms. The van der Waals surface area contributed by atoms with E-state index >= 15 is 0 Å². The summed E-state index contributed by atoms with van der Waals surface area (Å²) in [5.41, 5.74) is 3.05. The first-order valence-electron chi connectivity index (χ1n) is 7.83. The van der Waals surface area contributed by atoms with E-state index in [0.717, 1.165) is 31.1 Å². The summed E-state index contributed by atoms with van der Waals surface area (Å²) in [6.45, 7) is 7.18. The molecule has 2 atom stereocenters. The highest BCUT2D eigenvalue weighted by molar-refractivity contribution is 5.82. The molecule has 0 radical (unpaired) electrons. The topological polar surface area (TPSA) is 38.3 Å². The average Bonchev–Trinajstić information content (AvgIpc) is 2.24. The molecule has 0 heterocycles. The summed E-state index contributed by atoms with van der Waals surface area (Å²) in [5.74, 6) is 2.17. The second-order valence-electron chi connectivity index (χ2n) is 8.19. The molecule has 0 aromatic carbocycles. The van der Waals surface area contributed by atoms with Crippen molar-refractivity contribution in [2.24, 2.45) is 28.6 Å². The Morgan fingerprint density at radius 1 is 1.26 bits per heavy atom. The summed E-state index contributed by atoms with van der Waals surface area (Å²) in [4.78, 5) is 18.0. The molecule has 0 aromatic rings. The maximum Gasteiger partial charge on any atom is 0.249 e. The van der Waals surface area contributed by atoms with Gasteiger partial charge in [0.2, 0.25) is 5.91 Å². The van der Waals surface area contributed by atoms with Crippen LogP contribution in [-0.4, -0.2) is 12.5 Å². The van der Waals surface area contributed by atoms with E-state index in [4.69, 9.17) is 4.84 Å².